The van der Waals surface area contributed by atoms with E-state index in [4.69, 9.17) is 5.11 Å². The number of thiazole rings is 1. The Morgan fingerprint density at radius 1 is 1.53 bits per heavy atom. The summed E-state index contributed by atoms with van der Waals surface area (Å²) in [6, 6.07) is 0. The van der Waals surface area contributed by atoms with Crippen LogP contribution in [-0.2, 0) is 4.79 Å². The number of aromatic nitrogens is 4. The van der Waals surface area contributed by atoms with Gasteiger partial charge in [-0.2, -0.15) is 10.1 Å². The number of halogens is 1. The number of carbonyl (C=O) groups is 1. The van der Waals surface area contributed by atoms with Crippen molar-refractivity contribution in [2.24, 2.45) is 0 Å². The molecule has 0 aliphatic heterocycles. The van der Waals surface area contributed by atoms with E-state index in [-0.39, 0.29) is 0 Å². The van der Waals surface area contributed by atoms with E-state index in [0.29, 0.717) is 11.5 Å². The molecule has 3 rings (SSSR count). The topological polar surface area (TPSA) is 72.4 Å². The molecule has 0 unspecified atom stereocenters. The summed E-state index contributed by atoms with van der Waals surface area (Å²) in [5, 5.41) is 14.8. The van der Waals surface area contributed by atoms with Gasteiger partial charge in [0.2, 0.25) is 0 Å². The van der Waals surface area contributed by atoms with Crippen LogP contribution < -0.4 is 0 Å². The van der Waals surface area contributed by atoms with Crippen molar-refractivity contribution < 1.29 is 9.90 Å². The van der Waals surface area contributed by atoms with Gasteiger partial charge in [0.05, 0.1) is 16.4 Å². The molecule has 0 spiro atoms. The fourth-order valence-electron chi connectivity index (χ4n) is 1.68. The number of fused-ring (bicyclic) bond motifs is 1. The number of carboxylic acid groups (broad SMARTS) is 1. The van der Waals surface area contributed by atoms with Crippen LogP contribution in [0.15, 0.2) is 34.5 Å². The molecule has 0 radical (unpaired) electrons. The highest BCUT2D eigenvalue weighted by molar-refractivity contribution is 9.10. The average molecular weight is 339 g/mol. The van der Waals surface area contributed by atoms with Crippen LogP contribution in [0.2, 0.25) is 0 Å². The van der Waals surface area contributed by atoms with Crippen molar-refractivity contribution in [3.63, 3.8) is 0 Å². The van der Waals surface area contributed by atoms with E-state index in [2.05, 4.69) is 26.0 Å². The summed E-state index contributed by atoms with van der Waals surface area (Å²) in [6.07, 6.45) is 7.86. The third kappa shape index (κ3) is 2.20. The number of hydrogen-bond acceptors (Lipinski definition) is 4. The lowest BCUT2D eigenvalue weighted by molar-refractivity contribution is -0.131. The van der Waals surface area contributed by atoms with Crippen LogP contribution >= 0.6 is 27.3 Å². The fourth-order valence-corrected chi connectivity index (χ4v) is 2.68. The Labute approximate surface area is 119 Å². The third-order valence-electron chi connectivity index (χ3n) is 2.43. The van der Waals surface area contributed by atoms with Crippen molar-refractivity contribution in [3.05, 3.63) is 40.2 Å². The molecule has 0 fully saturated rings. The molecule has 0 saturated carbocycles. The quantitative estimate of drug-likeness (QED) is 0.744. The molecule has 3 aromatic rings. The zero-order chi connectivity index (χ0) is 13.4. The predicted molar refractivity (Wildman–Crippen MR) is 74.6 cm³/mol. The van der Waals surface area contributed by atoms with E-state index < -0.39 is 5.97 Å². The SMILES string of the molecule is O=C(O)/C=C/c1c(-n2cc(Br)cn2)nc2sccn12. The minimum Gasteiger partial charge on any atom is -0.478 e. The van der Waals surface area contributed by atoms with Crippen molar-refractivity contribution in [1.29, 1.82) is 0 Å². The summed E-state index contributed by atoms with van der Waals surface area (Å²) in [5.74, 6) is -0.409. The normalized spacial score (nSPS) is 11.6. The second kappa shape index (κ2) is 4.63. The third-order valence-corrected chi connectivity index (χ3v) is 3.60. The number of hydrogen-bond donors (Lipinski definition) is 1. The summed E-state index contributed by atoms with van der Waals surface area (Å²) in [5.41, 5.74) is 0.675. The smallest absolute Gasteiger partial charge is 0.328 e. The summed E-state index contributed by atoms with van der Waals surface area (Å²) in [6.45, 7) is 0. The lowest BCUT2D eigenvalue weighted by atomic mass is 10.3. The first kappa shape index (κ1) is 12.1. The molecule has 0 amide bonds. The predicted octanol–water partition coefficient (Wildman–Crippen LogP) is 2.44. The van der Waals surface area contributed by atoms with Crippen LogP contribution in [0.3, 0.4) is 0 Å². The number of aliphatic carboxylic acids is 1. The minimum atomic E-state index is -1.00. The standard InChI is InChI=1S/C11H7BrN4O2S/c12-7-5-13-16(6-7)10-8(1-2-9(17)18)15-3-4-19-11(15)14-10/h1-6H,(H,17,18)/b2-1+. The van der Waals surface area contributed by atoms with Gasteiger partial charge in [0.1, 0.15) is 0 Å². The van der Waals surface area contributed by atoms with E-state index in [1.807, 2.05) is 16.0 Å². The van der Waals surface area contributed by atoms with E-state index in [9.17, 15) is 4.79 Å². The molecule has 0 aromatic carbocycles. The first-order valence-corrected chi connectivity index (χ1v) is 6.89. The Hall–Kier alpha value is -1.93. The Morgan fingerprint density at radius 2 is 2.37 bits per heavy atom. The summed E-state index contributed by atoms with van der Waals surface area (Å²) in [7, 11) is 0. The average Bonchev–Trinajstić information content (AvgIpc) is 3.00. The second-order valence-electron chi connectivity index (χ2n) is 3.65. The lowest BCUT2D eigenvalue weighted by Gasteiger charge is -1.98. The van der Waals surface area contributed by atoms with Crippen molar-refractivity contribution in [2.45, 2.75) is 0 Å². The zero-order valence-corrected chi connectivity index (χ0v) is 11.8. The lowest BCUT2D eigenvalue weighted by Crippen LogP contribution is -1.98. The fraction of sp³-hybridized carbons (Fsp3) is 0. The maximum atomic E-state index is 10.7. The highest BCUT2D eigenvalue weighted by atomic mass is 79.9. The maximum Gasteiger partial charge on any atom is 0.328 e. The first-order chi connectivity index (χ1) is 9.15. The van der Waals surface area contributed by atoms with Gasteiger partial charge in [-0.15, -0.1) is 11.3 Å². The molecule has 8 heteroatoms. The van der Waals surface area contributed by atoms with Gasteiger partial charge in [0.25, 0.3) is 0 Å². The number of rotatable bonds is 3. The molecule has 19 heavy (non-hydrogen) atoms. The van der Waals surface area contributed by atoms with Crippen LogP contribution in [-0.4, -0.2) is 30.2 Å². The van der Waals surface area contributed by atoms with Gasteiger partial charge in [-0.1, -0.05) is 0 Å². The number of nitrogens with zero attached hydrogens (tertiary/aromatic N) is 4. The Kier molecular flexibility index (Phi) is 2.96. The highest BCUT2D eigenvalue weighted by Gasteiger charge is 2.13. The molecule has 0 aliphatic rings. The van der Waals surface area contributed by atoms with Crippen molar-refractivity contribution in [1.82, 2.24) is 19.2 Å². The molecule has 0 saturated heterocycles. The van der Waals surface area contributed by atoms with Gasteiger partial charge in [-0.3, -0.25) is 4.40 Å². The summed E-state index contributed by atoms with van der Waals surface area (Å²) < 4.78 is 4.26. The van der Waals surface area contributed by atoms with Crippen molar-refractivity contribution in [2.75, 3.05) is 0 Å². The van der Waals surface area contributed by atoms with Crippen molar-refractivity contribution >= 4 is 44.3 Å². The largest absolute Gasteiger partial charge is 0.478 e. The van der Waals surface area contributed by atoms with Gasteiger partial charge in [0.15, 0.2) is 10.8 Å². The van der Waals surface area contributed by atoms with E-state index in [1.54, 1.807) is 17.1 Å². The minimum absolute atomic E-state index is 0.593. The van der Waals surface area contributed by atoms with E-state index in [1.165, 1.54) is 17.4 Å². The first-order valence-electron chi connectivity index (χ1n) is 5.22. The molecular weight excluding hydrogens is 332 g/mol. The van der Waals surface area contributed by atoms with Crippen molar-refractivity contribution in [3.8, 4) is 5.82 Å². The summed E-state index contributed by atoms with van der Waals surface area (Å²) in [4.78, 5) is 15.9. The van der Waals surface area contributed by atoms with Gasteiger partial charge >= 0.3 is 5.97 Å². The van der Waals surface area contributed by atoms with Crippen LogP contribution in [0, 0.1) is 0 Å². The molecule has 0 atom stereocenters. The Balaban J connectivity index is 2.20. The maximum absolute atomic E-state index is 10.7. The van der Waals surface area contributed by atoms with Crippen LogP contribution in [0.5, 0.6) is 0 Å². The van der Waals surface area contributed by atoms with Crippen LogP contribution in [0.25, 0.3) is 16.9 Å². The second-order valence-corrected chi connectivity index (χ2v) is 5.44. The molecule has 0 aliphatic carbocycles. The van der Waals surface area contributed by atoms with Gasteiger partial charge in [-0.25, -0.2) is 9.48 Å². The van der Waals surface area contributed by atoms with Crippen LogP contribution in [0.4, 0.5) is 0 Å². The molecule has 6 nitrogen and oxygen atoms in total. The van der Waals surface area contributed by atoms with E-state index >= 15 is 0 Å². The number of imidazole rings is 1. The van der Waals surface area contributed by atoms with E-state index in [0.717, 1.165) is 15.5 Å². The summed E-state index contributed by atoms with van der Waals surface area (Å²) >= 11 is 4.80. The molecule has 0 bridgehead atoms. The van der Waals surface area contributed by atoms with Gasteiger partial charge in [0, 0.05) is 23.8 Å². The molecule has 3 aromatic heterocycles. The molecule has 3 heterocycles. The molecule has 96 valence electrons. The molecular formula is C11H7BrN4O2S. The molecule has 1 N–H and O–H groups in total. The number of carboxylic acids is 1. The van der Waals surface area contributed by atoms with Gasteiger partial charge < -0.3 is 5.11 Å². The monoisotopic (exact) mass is 338 g/mol. The zero-order valence-electron chi connectivity index (χ0n) is 9.39. The van der Waals surface area contributed by atoms with Gasteiger partial charge in [-0.05, 0) is 22.0 Å². The Bertz CT molecular complexity index is 786. The highest BCUT2D eigenvalue weighted by Crippen LogP contribution is 2.22. The van der Waals surface area contributed by atoms with Crippen LogP contribution in [0.1, 0.15) is 5.69 Å². The Morgan fingerprint density at radius 3 is 3.05 bits per heavy atom.